The Morgan fingerprint density at radius 3 is 3.00 bits per heavy atom. The summed E-state index contributed by atoms with van der Waals surface area (Å²) < 4.78 is 11.0. The molecule has 22 heavy (non-hydrogen) atoms. The number of aromatic nitrogens is 2. The molecule has 0 radical (unpaired) electrons. The molecule has 6 heteroatoms. The van der Waals surface area contributed by atoms with Gasteiger partial charge >= 0.3 is 0 Å². The second-order valence-electron chi connectivity index (χ2n) is 5.23. The number of nitrogens with one attached hydrogen (secondary N) is 1. The van der Waals surface area contributed by atoms with Crippen LogP contribution in [0.3, 0.4) is 0 Å². The highest BCUT2D eigenvalue weighted by molar-refractivity contribution is 5.78. The number of hydrogen-bond donors (Lipinski definition) is 1. The van der Waals surface area contributed by atoms with Crippen LogP contribution in [-0.4, -0.2) is 47.1 Å². The largest absolute Gasteiger partial charge is 0.484 e. The van der Waals surface area contributed by atoms with Gasteiger partial charge in [0.1, 0.15) is 17.6 Å². The number of para-hydroxylation sites is 1. The second kappa shape index (κ2) is 6.62. The molecule has 1 aliphatic heterocycles. The van der Waals surface area contributed by atoms with E-state index in [-0.39, 0.29) is 18.6 Å². The molecule has 1 aliphatic rings. The van der Waals surface area contributed by atoms with Crippen molar-refractivity contribution in [3.05, 3.63) is 48.0 Å². The van der Waals surface area contributed by atoms with Gasteiger partial charge in [-0.1, -0.05) is 18.2 Å². The van der Waals surface area contributed by atoms with Crippen LogP contribution in [0.1, 0.15) is 17.6 Å². The van der Waals surface area contributed by atoms with Crippen molar-refractivity contribution in [2.75, 3.05) is 26.4 Å². The number of ether oxygens (including phenoxy) is 2. The molecule has 1 fully saturated rings. The minimum absolute atomic E-state index is 0.0141. The highest BCUT2D eigenvalue weighted by Crippen LogP contribution is 2.22. The van der Waals surface area contributed by atoms with Crippen molar-refractivity contribution in [2.24, 2.45) is 0 Å². The number of aryl methyl sites for hydroxylation is 1. The van der Waals surface area contributed by atoms with Gasteiger partial charge in [-0.15, -0.1) is 0 Å². The van der Waals surface area contributed by atoms with Crippen molar-refractivity contribution >= 4 is 5.91 Å². The van der Waals surface area contributed by atoms with Crippen LogP contribution in [0.4, 0.5) is 0 Å². The standard InChI is InChI=1S/C16H19N3O3/c1-12-9-17-16(18-12)14-10-21-8-7-19(14)15(20)11-22-13-5-3-2-4-6-13/h2-6,9,14H,7-8,10-11H2,1H3,(H,17,18)/t14-/m0/s1. The molecule has 2 heterocycles. The summed E-state index contributed by atoms with van der Waals surface area (Å²) in [4.78, 5) is 21.7. The Balaban J connectivity index is 1.66. The third-order valence-electron chi connectivity index (χ3n) is 3.59. The van der Waals surface area contributed by atoms with E-state index >= 15 is 0 Å². The molecule has 1 amide bonds. The fourth-order valence-corrected chi connectivity index (χ4v) is 2.48. The highest BCUT2D eigenvalue weighted by Gasteiger charge is 2.30. The monoisotopic (exact) mass is 301 g/mol. The Morgan fingerprint density at radius 2 is 2.27 bits per heavy atom. The maximum Gasteiger partial charge on any atom is 0.261 e. The molecule has 6 nitrogen and oxygen atoms in total. The van der Waals surface area contributed by atoms with E-state index in [4.69, 9.17) is 9.47 Å². The molecule has 1 aromatic heterocycles. The van der Waals surface area contributed by atoms with Crippen molar-refractivity contribution in [2.45, 2.75) is 13.0 Å². The summed E-state index contributed by atoms with van der Waals surface area (Å²) in [7, 11) is 0. The number of amides is 1. The van der Waals surface area contributed by atoms with Gasteiger partial charge in [0.2, 0.25) is 0 Å². The minimum Gasteiger partial charge on any atom is -0.484 e. The maximum absolute atomic E-state index is 12.5. The summed E-state index contributed by atoms with van der Waals surface area (Å²) in [6, 6.07) is 9.15. The normalized spacial score (nSPS) is 18.2. The van der Waals surface area contributed by atoms with E-state index in [2.05, 4.69) is 9.97 Å². The Bertz CT molecular complexity index is 627. The summed E-state index contributed by atoms with van der Waals surface area (Å²) in [5.41, 5.74) is 0.966. The van der Waals surface area contributed by atoms with Gasteiger partial charge in [0.25, 0.3) is 5.91 Å². The van der Waals surface area contributed by atoms with Crippen molar-refractivity contribution < 1.29 is 14.3 Å². The zero-order chi connectivity index (χ0) is 15.4. The smallest absolute Gasteiger partial charge is 0.261 e. The minimum atomic E-state index is -0.186. The van der Waals surface area contributed by atoms with Gasteiger partial charge in [0.05, 0.1) is 13.2 Å². The van der Waals surface area contributed by atoms with Crippen molar-refractivity contribution in [1.82, 2.24) is 14.9 Å². The van der Waals surface area contributed by atoms with Crippen molar-refractivity contribution in [3.63, 3.8) is 0 Å². The average molecular weight is 301 g/mol. The van der Waals surface area contributed by atoms with Crippen LogP contribution in [0, 0.1) is 6.92 Å². The van der Waals surface area contributed by atoms with Gasteiger partial charge in [-0.3, -0.25) is 4.79 Å². The molecule has 116 valence electrons. The van der Waals surface area contributed by atoms with E-state index in [0.717, 1.165) is 11.5 Å². The van der Waals surface area contributed by atoms with Crippen LogP contribution in [0.5, 0.6) is 5.75 Å². The fraction of sp³-hybridized carbons (Fsp3) is 0.375. The lowest BCUT2D eigenvalue weighted by molar-refractivity contribution is -0.142. The first kappa shape index (κ1) is 14.6. The van der Waals surface area contributed by atoms with Gasteiger partial charge in [-0.05, 0) is 19.1 Å². The van der Waals surface area contributed by atoms with Crippen LogP contribution in [0.25, 0.3) is 0 Å². The lowest BCUT2D eigenvalue weighted by atomic mass is 10.2. The average Bonchev–Trinajstić information content (AvgIpc) is 3.00. The van der Waals surface area contributed by atoms with Gasteiger partial charge < -0.3 is 19.4 Å². The number of carbonyl (C=O) groups is 1. The number of H-pyrrole nitrogens is 1. The summed E-state index contributed by atoms with van der Waals surface area (Å²) in [5, 5.41) is 0. The van der Waals surface area contributed by atoms with Crippen LogP contribution in [0.2, 0.25) is 0 Å². The maximum atomic E-state index is 12.5. The molecule has 1 aromatic carbocycles. The first-order chi connectivity index (χ1) is 10.7. The lowest BCUT2D eigenvalue weighted by Gasteiger charge is -2.34. The van der Waals surface area contributed by atoms with Crippen LogP contribution in [-0.2, 0) is 9.53 Å². The Hall–Kier alpha value is -2.34. The summed E-state index contributed by atoms with van der Waals surface area (Å²) in [5.74, 6) is 1.38. The number of hydrogen-bond acceptors (Lipinski definition) is 4. The first-order valence-corrected chi connectivity index (χ1v) is 7.30. The number of benzene rings is 1. The molecule has 0 unspecified atom stereocenters. The molecule has 1 N–H and O–H groups in total. The third kappa shape index (κ3) is 3.28. The van der Waals surface area contributed by atoms with Crippen molar-refractivity contribution in [1.29, 1.82) is 0 Å². The van der Waals surface area contributed by atoms with Crippen LogP contribution >= 0.6 is 0 Å². The molecular formula is C16H19N3O3. The molecule has 0 spiro atoms. The molecule has 3 rings (SSSR count). The quantitative estimate of drug-likeness (QED) is 0.933. The predicted molar refractivity (Wildman–Crippen MR) is 80.5 cm³/mol. The molecular weight excluding hydrogens is 282 g/mol. The number of imidazole rings is 1. The number of rotatable bonds is 4. The number of morpholine rings is 1. The summed E-state index contributed by atoms with van der Waals surface area (Å²) in [6.07, 6.45) is 1.76. The van der Waals surface area contributed by atoms with Gasteiger partial charge in [-0.2, -0.15) is 0 Å². The summed E-state index contributed by atoms with van der Waals surface area (Å²) >= 11 is 0. The predicted octanol–water partition coefficient (Wildman–Crippen LogP) is 1.70. The van der Waals surface area contributed by atoms with E-state index in [1.165, 1.54) is 0 Å². The molecule has 1 atom stereocenters. The Morgan fingerprint density at radius 1 is 1.45 bits per heavy atom. The number of carbonyl (C=O) groups excluding carboxylic acids is 1. The van der Waals surface area contributed by atoms with E-state index in [9.17, 15) is 4.79 Å². The number of nitrogens with zero attached hydrogens (tertiary/aromatic N) is 2. The van der Waals surface area contributed by atoms with Gasteiger partial charge in [0, 0.05) is 18.4 Å². The molecule has 1 saturated heterocycles. The first-order valence-electron chi connectivity index (χ1n) is 7.30. The Kier molecular flexibility index (Phi) is 4.39. The van der Waals surface area contributed by atoms with Crippen LogP contribution in [0.15, 0.2) is 36.5 Å². The van der Waals surface area contributed by atoms with Gasteiger partial charge in [0.15, 0.2) is 6.61 Å². The van der Waals surface area contributed by atoms with E-state index in [0.29, 0.717) is 25.5 Å². The van der Waals surface area contributed by atoms with E-state index in [1.54, 1.807) is 11.1 Å². The lowest BCUT2D eigenvalue weighted by Crippen LogP contribution is -2.45. The SMILES string of the molecule is Cc1cnc([C@@H]2COCCN2C(=O)COc2ccccc2)[nH]1. The molecule has 2 aromatic rings. The van der Waals surface area contributed by atoms with Crippen LogP contribution < -0.4 is 4.74 Å². The summed E-state index contributed by atoms with van der Waals surface area (Å²) in [6.45, 7) is 3.48. The zero-order valence-corrected chi connectivity index (χ0v) is 12.5. The number of aromatic amines is 1. The zero-order valence-electron chi connectivity index (χ0n) is 12.5. The van der Waals surface area contributed by atoms with Gasteiger partial charge in [-0.25, -0.2) is 4.98 Å². The molecule has 0 aliphatic carbocycles. The van der Waals surface area contributed by atoms with Crippen molar-refractivity contribution in [3.8, 4) is 5.75 Å². The third-order valence-corrected chi connectivity index (χ3v) is 3.59. The van der Waals surface area contributed by atoms with E-state index in [1.807, 2.05) is 37.3 Å². The Labute approximate surface area is 129 Å². The second-order valence-corrected chi connectivity index (χ2v) is 5.23. The topological polar surface area (TPSA) is 67.4 Å². The molecule has 0 saturated carbocycles. The van der Waals surface area contributed by atoms with E-state index < -0.39 is 0 Å². The highest BCUT2D eigenvalue weighted by atomic mass is 16.5. The fourth-order valence-electron chi connectivity index (χ4n) is 2.48. The molecule has 0 bridgehead atoms.